The molecule has 0 radical (unpaired) electrons. The normalized spacial score (nSPS) is 27.9. The van der Waals surface area contributed by atoms with Gasteiger partial charge in [-0.15, -0.1) is 0 Å². The molecule has 17 atom stereocenters. The maximum Gasteiger partial charge on any atom is 0.220 e. The summed E-state index contributed by atoms with van der Waals surface area (Å²) in [4.78, 5) is 13.4. The van der Waals surface area contributed by atoms with Gasteiger partial charge in [0.05, 0.1) is 38.6 Å². The molecule has 0 spiro atoms. The number of allylic oxidation sites excluding steroid dienone is 5. The smallest absolute Gasteiger partial charge is 0.220 e. The molecule has 19 heteroatoms. The topological polar surface area (TPSA) is 307 Å². The Morgan fingerprint density at radius 2 is 0.696 bits per heavy atom. The second-order valence-corrected chi connectivity index (χ2v) is 26.7. The number of ether oxygens (including phenoxy) is 6. The number of hydrogen-bond acceptors (Lipinski definition) is 18. The third-order valence-corrected chi connectivity index (χ3v) is 18.7. The predicted octanol–water partition coefficient (Wildman–Crippen LogP) is 10.8. The van der Waals surface area contributed by atoms with E-state index in [4.69, 9.17) is 28.4 Å². The number of aliphatic hydroxyl groups excluding tert-OH is 11. The molecule has 0 aromatic rings. The first-order chi connectivity index (χ1) is 44.8. The van der Waals surface area contributed by atoms with Gasteiger partial charge in [0.25, 0.3) is 0 Å². The lowest BCUT2D eigenvalue weighted by atomic mass is 9.96. The largest absolute Gasteiger partial charge is 0.394 e. The van der Waals surface area contributed by atoms with Gasteiger partial charge in [-0.05, 0) is 44.9 Å². The average Bonchev–Trinajstić information content (AvgIpc) is 0.856. The van der Waals surface area contributed by atoms with E-state index in [9.17, 15) is 61.0 Å². The zero-order chi connectivity index (χ0) is 66.8. The van der Waals surface area contributed by atoms with Crippen LogP contribution in [-0.4, -0.2) is 193 Å². The number of carbonyl (C=O) groups is 1. The van der Waals surface area contributed by atoms with Crippen molar-refractivity contribution in [1.29, 1.82) is 0 Å². The van der Waals surface area contributed by atoms with Gasteiger partial charge >= 0.3 is 0 Å². The quantitative estimate of drug-likeness (QED) is 0.0199. The van der Waals surface area contributed by atoms with Gasteiger partial charge in [0, 0.05) is 6.42 Å². The molecule has 19 nitrogen and oxygen atoms in total. The second kappa shape index (κ2) is 55.0. The molecule has 3 rings (SSSR count). The Hall–Kier alpha value is -1.99. The molecule has 0 aliphatic carbocycles. The van der Waals surface area contributed by atoms with Gasteiger partial charge in [0.2, 0.25) is 5.91 Å². The number of rotatable bonds is 58. The van der Waals surface area contributed by atoms with Crippen LogP contribution in [0.3, 0.4) is 0 Å². The molecule has 0 aromatic carbocycles. The molecule has 0 bridgehead atoms. The maximum absolute atomic E-state index is 13.4. The van der Waals surface area contributed by atoms with Crippen LogP contribution in [0.1, 0.15) is 290 Å². The average molecular weight is 1310 g/mol. The summed E-state index contributed by atoms with van der Waals surface area (Å²) in [6, 6.07) is -0.995. The summed E-state index contributed by atoms with van der Waals surface area (Å²) in [6.07, 6.45) is 38.5. The summed E-state index contributed by atoms with van der Waals surface area (Å²) in [6.45, 7) is 1.74. The van der Waals surface area contributed by atoms with E-state index in [0.29, 0.717) is 12.8 Å². The number of carbonyl (C=O) groups excluding carboxylic acids is 1. The number of unbranched alkanes of at least 4 members (excludes halogenated alkanes) is 38. The van der Waals surface area contributed by atoms with Gasteiger partial charge in [0.1, 0.15) is 73.2 Å². The van der Waals surface area contributed by atoms with E-state index in [1.807, 2.05) is 6.08 Å². The number of amides is 1. The predicted molar refractivity (Wildman–Crippen MR) is 360 cm³/mol. The van der Waals surface area contributed by atoms with E-state index in [2.05, 4.69) is 43.5 Å². The Morgan fingerprint density at radius 1 is 0.380 bits per heavy atom. The number of nitrogens with one attached hydrogen (secondary N) is 1. The highest BCUT2D eigenvalue weighted by Crippen LogP contribution is 2.33. The van der Waals surface area contributed by atoms with Crippen LogP contribution in [0.5, 0.6) is 0 Å². The molecule has 3 saturated heterocycles. The van der Waals surface area contributed by atoms with Crippen molar-refractivity contribution in [3.63, 3.8) is 0 Å². The second-order valence-electron chi connectivity index (χ2n) is 26.7. The van der Waals surface area contributed by atoms with Crippen LogP contribution in [0.15, 0.2) is 36.5 Å². The van der Waals surface area contributed by atoms with Gasteiger partial charge in [-0.2, -0.15) is 0 Å². The van der Waals surface area contributed by atoms with Crippen LogP contribution in [0.4, 0.5) is 0 Å². The summed E-state index contributed by atoms with van der Waals surface area (Å²) in [7, 11) is 0. The monoisotopic (exact) mass is 1310 g/mol. The van der Waals surface area contributed by atoms with E-state index < -0.39 is 124 Å². The van der Waals surface area contributed by atoms with Crippen molar-refractivity contribution in [2.45, 2.75) is 394 Å². The molecule has 0 saturated carbocycles. The molecule has 12 N–H and O–H groups in total. The van der Waals surface area contributed by atoms with E-state index in [1.54, 1.807) is 6.08 Å². The first-order valence-electron chi connectivity index (χ1n) is 37.2. The molecule has 3 heterocycles. The fourth-order valence-corrected chi connectivity index (χ4v) is 12.6. The van der Waals surface area contributed by atoms with Crippen LogP contribution < -0.4 is 5.32 Å². The lowest BCUT2D eigenvalue weighted by molar-refractivity contribution is -0.379. The Morgan fingerprint density at radius 3 is 1.09 bits per heavy atom. The van der Waals surface area contributed by atoms with Crippen molar-refractivity contribution >= 4 is 5.91 Å². The Labute approximate surface area is 555 Å². The molecule has 1 amide bonds. The first kappa shape index (κ1) is 84.2. The van der Waals surface area contributed by atoms with Gasteiger partial charge < -0.3 is 89.9 Å². The molecular weight excluding hydrogens is 1180 g/mol. The highest BCUT2D eigenvalue weighted by Gasteiger charge is 2.53. The van der Waals surface area contributed by atoms with Crippen LogP contribution >= 0.6 is 0 Å². The summed E-state index contributed by atoms with van der Waals surface area (Å²) < 4.78 is 34.4. The minimum absolute atomic E-state index is 0.236. The fraction of sp³-hybridized carbons (Fsp3) is 0.904. The highest BCUT2D eigenvalue weighted by atomic mass is 16.8. The molecule has 540 valence electrons. The number of hydrogen-bond donors (Lipinski definition) is 12. The summed E-state index contributed by atoms with van der Waals surface area (Å²) in [5.41, 5.74) is 0. The zero-order valence-corrected chi connectivity index (χ0v) is 57.3. The number of aliphatic hydroxyl groups is 11. The van der Waals surface area contributed by atoms with Gasteiger partial charge in [-0.25, -0.2) is 0 Å². The Bertz CT molecular complexity index is 1810. The molecule has 3 aliphatic rings. The zero-order valence-electron chi connectivity index (χ0n) is 57.3. The van der Waals surface area contributed by atoms with Gasteiger partial charge in [-0.3, -0.25) is 4.79 Å². The molecular formula is C73H135NO18. The van der Waals surface area contributed by atoms with Gasteiger partial charge in [0.15, 0.2) is 18.9 Å². The van der Waals surface area contributed by atoms with Crippen molar-refractivity contribution < 1.29 is 89.4 Å². The van der Waals surface area contributed by atoms with Crippen LogP contribution in [-0.2, 0) is 33.2 Å². The third-order valence-electron chi connectivity index (χ3n) is 18.7. The molecule has 17 unspecified atom stereocenters. The van der Waals surface area contributed by atoms with E-state index in [-0.39, 0.29) is 18.9 Å². The standard InChI is InChI=1S/C73H135NO18/c1-3-5-7-9-11-13-15-17-19-21-23-24-25-26-27-28-29-30-31-32-33-35-37-39-41-43-45-47-49-51-61(79)74-56(57(78)50-48-46-44-42-40-38-36-34-22-20-18-16-14-12-10-8-6-4-2)55-87-71-67(85)64(82)69(59(53-76)89-71)92-73-68(86)65(83)70(60(54-77)90-73)91-72-66(84)63(81)62(80)58(52-75)88-72/h22,34,40,42,48,50,56-60,62-73,75-78,80-86H,3-21,23-33,35-39,41,43-47,49,51-55H2,1-2H3,(H,74,79)/b34-22+,42-40+,50-48+. The van der Waals surface area contributed by atoms with Crippen molar-refractivity contribution in [2.24, 2.45) is 0 Å². The van der Waals surface area contributed by atoms with Crippen molar-refractivity contribution in [3.8, 4) is 0 Å². The summed E-state index contributed by atoms with van der Waals surface area (Å²) >= 11 is 0. The highest BCUT2D eigenvalue weighted by molar-refractivity contribution is 5.76. The Kier molecular flexibility index (Phi) is 50.3. The Balaban J connectivity index is 1.40. The third kappa shape index (κ3) is 36.0. The molecule has 3 fully saturated rings. The fourth-order valence-electron chi connectivity index (χ4n) is 12.6. The van der Waals surface area contributed by atoms with Crippen molar-refractivity contribution in [1.82, 2.24) is 5.32 Å². The lowest BCUT2D eigenvalue weighted by Crippen LogP contribution is -2.66. The minimum atomic E-state index is -1.98. The van der Waals surface area contributed by atoms with Crippen molar-refractivity contribution in [2.75, 3.05) is 26.4 Å². The molecule has 92 heavy (non-hydrogen) atoms. The van der Waals surface area contributed by atoms with Crippen molar-refractivity contribution in [3.05, 3.63) is 36.5 Å². The van der Waals surface area contributed by atoms with Crippen LogP contribution in [0, 0.1) is 0 Å². The van der Waals surface area contributed by atoms with E-state index >= 15 is 0 Å². The van der Waals surface area contributed by atoms with Crippen LogP contribution in [0.2, 0.25) is 0 Å². The first-order valence-corrected chi connectivity index (χ1v) is 37.2. The van der Waals surface area contributed by atoms with E-state index in [1.165, 1.54) is 212 Å². The summed E-state index contributed by atoms with van der Waals surface area (Å²) in [5, 5.41) is 121. The lowest BCUT2D eigenvalue weighted by Gasteiger charge is -2.48. The minimum Gasteiger partial charge on any atom is -0.394 e. The SMILES string of the molecule is CCCCCCCCCC/C=C/CC/C=C/CC/C=C/C(O)C(COC1OC(CO)C(OC2OC(CO)C(OC3OC(CO)C(O)C(O)C3O)C(O)C2O)C(O)C1O)NC(=O)CCCCCCCCCCCCCCCCCCCCCCCCCCCCCCC. The summed E-state index contributed by atoms with van der Waals surface area (Å²) in [5.74, 6) is -0.284. The van der Waals surface area contributed by atoms with Crippen LogP contribution in [0.25, 0.3) is 0 Å². The molecule has 3 aliphatic heterocycles. The maximum atomic E-state index is 13.4. The van der Waals surface area contributed by atoms with Gasteiger partial charge in [-0.1, -0.05) is 275 Å². The van der Waals surface area contributed by atoms with E-state index in [0.717, 1.165) is 44.9 Å². The molecule has 0 aromatic heterocycles.